The summed E-state index contributed by atoms with van der Waals surface area (Å²) >= 11 is 9.66. The van der Waals surface area contributed by atoms with Crippen LogP contribution in [0.5, 0.6) is 0 Å². The minimum absolute atomic E-state index is 0.0184. The fraction of sp³-hybridized carbons (Fsp3) is 0.316. The van der Waals surface area contributed by atoms with E-state index in [4.69, 9.17) is 11.6 Å². The molecule has 1 fully saturated rings. The number of benzene rings is 2. The van der Waals surface area contributed by atoms with Crippen LogP contribution in [0.1, 0.15) is 18.4 Å². The van der Waals surface area contributed by atoms with Gasteiger partial charge in [-0.1, -0.05) is 45.7 Å². The third-order valence-electron chi connectivity index (χ3n) is 4.34. The van der Waals surface area contributed by atoms with Crippen molar-refractivity contribution in [3.8, 4) is 0 Å². The van der Waals surface area contributed by atoms with Crippen LogP contribution >= 0.6 is 27.5 Å². The van der Waals surface area contributed by atoms with Crippen LogP contribution in [-0.4, -0.2) is 23.9 Å². The van der Waals surface area contributed by atoms with Crippen LogP contribution in [0.4, 0.5) is 5.69 Å². The van der Waals surface area contributed by atoms with Gasteiger partial charge in [-0.25, -0.2) is 0 Å². The molecule has 0 bridgehead atoms. The molecular weight excluding hydrogens is 388 g/mol. The molecule has 1 atom stereocenters. The summed E-state index contributed by atoms with van der Waals surface area (Å²) in [6.07, 6.45) is 1.96. The highest BCUT2D eigenvalue weighted by Crippen LogP contribution is 2.23. The SMILES string of the molecule is O=C(Nc1ccc(Br)cc1)C1CCCN(Cc2ccccc2Cl)C1. The Hall–Kier alpha value is -1.36. The van der Waals surface area contributed by atoms with Crippen LogP contribution in [0.15, 0.2) is 53.0 Å². The van der Waals surface area contributed by atoms with E-state index in [1.54, 1.807) is 0 Å². The average molecular weight is 408 g/mol. The number of likely N-dealkylation sites (tertiary alicyclic amines) is 1. The van der Waals surface area contributed by atoms with Crippen molar-refractivity contribution in [2.24, 2.45) is 5.92 Å². The number of anilines is 1. The van der Waals surface area contributed by atoms with Gasteiger partial charge in [0.15, 0.2) is 0 Å². The zero-order chi connectivity index (χ0) is 16.9. The van der Waals surface area contributed by atoms with Crippen LogP contribution in [0.2, 0.25) is 5.02 Å². The number of hydrogen-bond donors (Lipinski definition) is 1. The molecule has 0 aromatic heterocycles. The number of carbonyl (C=O) groups excluding carboxylic acids is 1. The Morgan fingerprint density at radius 3 is 2.71 bits per heavy atom. The number of rotatable bonds is 4. The smallest absolute Gasteiger partial charge is 0.228 e. The van der Waals surface area contributed by atoms with Crippen molar-refractivity contribution < 1.29 is 4.79 Å². The summed E-state index contributed by atoms with van der Waals surface area (Å²) in [7, 11) is 0. The standard InChI is InChI=1S/C19H20BrClN2O/c20-16-7-9-17(10-8-16)22-19(24)15-5-3-11-23(13-15)12-14-4-1-2-6-18(14)21/h1-2,4,6-10,15H,3,5,11-13H2,(H,22,24). The van der Waals surface area contributed by atoms with E-state index in [9.17, 15) is 4.79 Å². The highest BCUT2D eigenvalue weighted by atomic mass is 79.9. The van der Waals surface area contributed by atoms with Gasteiger partial charge in [0.25, 0.3) is 0 Å². The molecule has 3 rings (SSSR count). The summed E-state index contributed by atoms with van der Waals surface area (Å²) in [6.45, 7) is 2.57. The van der Waals surface area contributed by atoms with E-state index in [0.29, 0.717) is 0 Å². The maximum atomic E-state index is 12.5. The number of carbonyl (C=O) groups is 1. The van der Waals surface area contributed by atoms with Gasteiger partial charge in [0, 0.05) is 28.3 Å². The van der Waals surface area contributed by atoms with Gasteiger partial charge in [0.2, 0.25) is 5.91 Å². The van der Waals surface area contributed by atoms with Crippen LogP contribution in [0.3, 0.4) is 0 Å². The molecular formula is C19H20BrClN2O. The number of nitrogens with one attached hydrogen (secondary N) is 1. The molecule has 2 aromatic carbocycles. The topological polar surface area (TPSA) is 32.3 Å². The van der Waals surface area contributed by atoms with Crippen molar-refractivity contribution in [1.82, 2.24) is 4.90 Å². The molecule has 0 saturated carbocycles. The molecule has 1 aliphatic rings. The minimum atomic E-state index is 0.0184. The van der Waals surface area contributed by atoms with Crippen LogP contribution in [0, 0.1) is 5.92 Å². The van der Waals surface area contributed by atoms with E-state index < -0.39 is 0 Å². The predicted octanol–water partition coefficient (Wildman–Crippen LogP) is 4.95. The van der Waals surface area contributed by atoms with Crippen molar-refractivity contribution in [3.63, 3.8) is 0 Å². The zero-order valence-electron chi connectivity index (χ0n) is 13.3. The van der Waals surface area contributed by atoms with Crippen LogP contribution in [0.25, 0.3) is 0 Å². The summed E-state index contributed by atoms with van der Waals surface area (Å²) in [6, 6.07) is 15.6. The maximum Gasteiger partial charge on any atom is 0.228 e. The molecule has 3 nitrogen and oxygen atoms in total. The molecule has 1 aliphatic heterocycles. The number of hydrogen-bond acceptors (Lipinski definition) is 2. The fourth-order valence-electron chi connectivity index (χ4n) is 3.06. The molecule has 1 amide bonds. The van der Waals surface area contributed by atoms with E-state index in [1.165, 1.54) is 0 Å². The Balaban J connectivity index is 1.59. The summed E-state index contributed by atoms with van der Waals surface area (Å²) < 4.78 is 1.00. The monoisotopic (exact) mass is 406 g/mol. The lowest BCUT2D eigenvalue weighted by atomic mass is 9.96. The van der Waals surface area contributed by atoms with Crippen LogP contribution < -0.4 is 5.32 Å². The largest absolute Gasteiger partial charge is 0.326 e. The van der Waals surface area contributed by atoms with Crippen LogP contribution in [-0.2, 0) is 11.3 Å². The molecule has 24 heavy (non-hydrogen) atoms. The van der Waals surface area contributed by atoms with Gasteiger partial charge in [0.1, 0.15) is 0 Å². The van der Waals surface area contributed by atoms with E-state index in [2.05, 4.69) is 26.1 Å². The third-order valence-corrected chi connectivity index (χ3v) is 5.24. The van der Waals surface area contributed by atoms with Gasteiger partial charge in [-0.3, -0.25) is 9.69 Å². The van der Waals surface area contributed by atoms with E-state index in [0.717, 1.165) is 53.2 Å². The maximum absolute atomic E-state index is 12.5. The summed E-state index contributed by atoms with van der Waals surface area (Å²) in [4.78, 5) is 14.9. The van der Waals surface area contributed by atoms with Crippen molar-refractivity contribution in [1.29, 1.82) is 0 Å². The Morgan fingerprint density at radius 2 is 1.96 bits per heavy atom. The lowest BCUT2D eigenvalue weighted by Crippen LogP contribution is -2.40. The second kappa shape index (κ2) is 8.15. The normalized spacial score (nSPS) is 18.3. The molecule has 1 N–H and O–H groups in total. The highest BCUT2D eigenvalue weighted by Gasteiger charge is 2.26. The molecule has 5 heteroatoms. The van der Waals surface area contributed by atoms with Gasteiger partial charge >= 0.3 is 0 Å². The van der Waals surface area contributed by atoms with Gasteiger partial charge in [-0.15, -0.1) is 0 Å². The third kappa shape index (κ3) is 4.59. The molecule has 1 heterocycles. The summed E-state index contributed by atoms with van der Waals surface area (Å²) in [5.41, 5.74) is 1.96. The van der Waals surface area contributed by atoms with Crippen molar-refractivity contribution in [2.45, 2.75) is 19.4 Å². The molecule has 1 unspecified atom stereocenters. The average Bonchev–Trinajstić information content (AvgIpc) is 2.59. The quantitative estimate of drug-likeness (QED) is 0.777. The number of halogens is 2. The zero-order valence-corrected chi connectivity index (χ0v) is 15.7. The molecule has 0 aliphatic carbocycles. The Morgan fingerprint density at radius 1 is 1.21 bits per heavy atom. The van der Waals surface area contributed by atoms with E-state index in [-0.39, 0.29) is 11.8 Å². The van der Waals surface area contributed by atoms with Crippen molar-refractivity contribution in [2.75, 3.05) is 18.4 Å². The molecule has 1 saturated heterocycles. The van der Waals surface area contributed by atoms with Gasteiger partial charge in [-0.2, -0.15) is 0 Å². The fourth-order valence-corrected chi connectivity index (χ4v) is 3.52. The first kappa shape index (κ1) is 17.5. The van der Waals surface area contributed by atoms with E-state index in [1.807, 2.05) is 48.5 Å². The number of piperidine rings is 1. The Bertz CT molecular complexity index is 705. The summed E-state index contributed by atoms with van der Waals surface area (Å²) in [5, 5.41) is 3.81. The van der Waals surface area contributed by atoms with Gasteiger partial charge in [0.05, 0.1) is 5.92 Å². The van der Waals surface area contributed by atoms with Gasteiger partial charge in [-0.05, 0) is 55.3 Å². The molecule has 126 valence electrons. The second-order valence-corrected chi connectivity index (χ2v) is 7.48. The minimum Gasteiger partial charge on any atom is -0.326 e. The van der Waals surface area contributed by atoms with Gasteiger partial charge < -0.3 is 5.32 Å². The lowest BCUT2D eigenvalue weighted by molar-refractivity contribution is -0.121. The Labute approximate surface area is 156 Å². The van der Waals surface area contributed by atoms with Crippen molar-refractivity contribution >= 4 is 39.1 Å². The Kier molecular flexibility index (Phi) is 5.93. The lowest BCUT2D eigenvalue weighted by Gasteiger charge is -2.32. The second-order valence-electron chi connectivity index (χ2n) is 6.16. The molecule has 0 spiro atoms. The van der Waals surface area contributed by atoms with Crippen molar-refractivity contribution in [3.05, 3.63) is 63.6 Å². The van der Waals surface area contributed by atoms with E-state index >= 15 is 0 Å². The molecule has 0 radical (unpaired) electrons. The first-order valence-corrected chi connectivity index (χ1v) is 9.31. The number of amides is 1. The first-order valence-electron chi connectivity index (χ1n) is 8.14. The summed E-state index contributed by atoms with van der Waals surface area (Å²) in [5.74, 6) is 0.117. The first-order chi connectivity index (χ1) is 11.6. The predicted molar refractivity (Wildman–Crippen MR) is 102 cm³/mol. The highest BCUT2D eigenvalue weighted by molar-refractivity contribution is 9.10. The molecule has 2 aromatic rings. The number of nitrogens with zero attached hydrogens (tertiary/aromatic N) is 1.